The molecule has 4 nitrogen and oxygen atoms in total. The van der Waals surface area contributed by atoms with Crippen LogP contribution in [0, 0.1) is 0 Å². The van der Waals surface area contributed by atoms with Crippen molar-refractivity contribution in [2.75, 3.05) is 6.54 Å². The highest BCUT2D eigenvalue weighted by atomic mass is 32.1. The average Bonchev–Trinajstić information content (AvgIpc) is 3.20. The molecule has 1 atom stereocenters. The minimum atomic E-state index is -0.463. The van der Waals surface area contributed by atoms with E-state index in [2.05, 4.69) is 22.1 Å². The van der Waals surface area contributed by atoms with E-state index in [4.69, 9.17) is 0 Å². The SMILES string of the molecule is Cn1cc(CN(Cc2ccccc2)CC(O)c2cccs2)cn1. The van der Waals surface area contributed by atoms with Crippen molar-refractivity contribution in [2.45, 2.75) is 19.2 Å². The van der Waals surface area contributed by atoms with Crippen LogP contribution in [0.4, 0.5) is 0 Å². The Bertz CT molecular complexity index is 709. The maximum absolute atomic E-state index is 10.5. The Kier molecular flexibility index (Phi) is 5.23. The third-order valence-electron chi connectivity index (χ3n) is 3.72. The summed E-state index contributed by atoms with van der Waals surface area (Å²) in [6.07, 6.45) is 3.45. The number of aryl methyl sites for hydroxylation is 1. The number of hydrogen-bond donors (Lipinski definition) is 1. The van der Waals surface area contributed by atoms with Crippen LogP contribution in [0.15, 0.2) is 60.2 Å². The van der Waals surface area contributed by atoms with Crippen molar-refractivity contribution in [3.63, 3.8) is 0 Å². The maximum Gasteiger partial charge on any atom is 0.101 e. The molecule has 3 aromatic rings. The van der Waals surface area contributed by atoms with Gasteiger partial charge in [-0.1, -0.05) is 36.4 Å². The van der Waals surface area contributed by atoms with E-state index in [1.165, 1.54) is 5.56 Å². The first-order valence-electron chi connectivity index (χ1n) is 7.66. The van der Waals surface area contributed by atoms with Gasteiger partial charge in [0.05, 0.1) is 6.20 Å². The molecule has 5 heteroatoms. The van der Waals surface area contributed by atoms with Crippen molar-refractivity contribution in [2.24, 2.45) is 7.05 Å². The molecule has 1 unspecified atom stereocenters. The summed E-state index contributed by atoms with van der Waals surface area (Å²) in [6.45, 7) is 2.17. The zero-order valence-corrected chi connectivity index (χ0v) is 14.0. The Morgan fingerprint density at radius 2 is 1.91 bits per heavy atom. The second-order valence-corrected chi connectivity index (χ2v) is 6.69. The molecular formula is C18H21N3OS. The lowest BCUT2D eigenvalue weighted by atomic mass is 10.2. The van der Waals surface area contributed by atoms with Crippen LogP contribution in [0.1, 0.15) is 22.1 Å². The molecule has 0 bridgehead atoms. The van der Waals surface area contributed by atoms with Crippen LogP contribution in [0.2, 0.25) is 0 Å². The first-order valence-corrected chi connectivity index (χ1v) is 8.54. The maximum atomic E-state index is 10.5. The minimum Gasteiger partial charge on any atom is -0.386 e. The Morgan fingerprint density at radius 3 is 2.57 bits per heavy atom. The molecule has 0 aliphatic rings. The van der Waals surface area contributed by atoms with Crippen molar-refractivity contribution >= 4 is 11.3 Å². The molecule has 0 saturated carbocycles. The van der Waals surface area contributed by atoms with E-state index in [0.29, 0.717) is 6.54 Å². The van der Waals surface area contributed by atoms with E-state index in [1.54, 1.807) is 11.3 Å². The number of nitrogens with zero attached hydrogens (tertiary/aromatic N) is 3. The van der Waals surface area contributed by atoms with Gasteiger partial charge in [-0.2, -0.15) is 5.10 Å². The number of aliphatic hydroxyl groups is 1. The van der Waals surface area contributed by atoms with E-state index in [1.807, 2.05) is 59.8 Å². The summed E-state index contributed by atoms with van der Waals surface area (Å²) >= 11 is 1.60. The molecule has 120 valence electrons. The van der Waals surface area contributed by atoms with Crippen LogP contribution in [-0.2, 0) is 20.1 Å². The molecular weight excluding hydrogens is 306 g/mol. The normalized spacial score (nSPS) is 12.7. The zero-order valence-electron chi connectivity index (χ0n) is 13.2. The Balaban J connectivity index is 1.72. The lowest BCUT2D eigenvalue weighted by molar-refractivity contribution is 0.107. The van der Waals surface area contributed by atoms with Gasteiger partial charge in [0.1, 0.15) is 6.10 Å². The summed E-state index contributed by atoms with van der Waals surface area (Å²) < 4.78 is 1.81. The molecule has 0 spiro atoms. The molecule has 0 amide bonds. The highest BCUT2D eigenvalue weighted by Crippen LogP contribution is 2.21. The molecule has 1 aromatic carbocycles. The molecule has 0 fully saturated rings. The number of rotatable bonds is 7. The fourth-order valence-electron chi connectivity index (χ4n) is 2.65. The fraction of sp³-hybridized carbons (Fsp3) is 0.278. The van der Waals surface area contributed by atoms with E-state index in [9.17, 15) is 5.11 Å². The fourth-order valence-corrected chi connectivity index (χ4v) is 3.36. The second kappa shape index (κ2) is 7.55. The van der Waals surface area contributed by atoms with Gasteiger partial charge < -0.3 is 5.11 Å². The van der Waals surface area contributed by atoms with Gasteiger partial charge in [-0.25, -0.2) is 0 Å². The van der Waals surface area contributed by atoms with Gasteiger partial charge in [-0.3, -0.25) is 9.58 Å². The summed E-state index contributed by atoms with van der Waals surface area (Å²) in [5, 5.41) is 16.7. The number of hydrogen-bond acceptors (Lipinski definition) is 4. The topological polar surface area (TPSA) is 41.3 Å². The van der Waals surface area contributed by atoms with Crippen molar-refractivity contribution in [1.29, 1.82) is 0 Å². The summed E-state index contributed by atoms with van der Waals surface area (Å²) in [5.41, 5.74) is 2.40. The second-order valence-electron chi connectivity index (χ2n) is 5.71. The van der Waals surface area contributed by atoms with Gasteiger partial charge in [0.2, 0.25) is 0 Å². The van der Waals surface area contributed by atoms with Gasteiger partial charge in [0.25, 0.3) is 0 Å². The molecule has 3 rings (SSSR count). The smallest absolute Gasteiger partial charge is 0.101 e. The molecule has 2 aromatic heterocycles. The number of benzene rings is 1. The molecule has 2 heterocycles. The van der Waals surface area contributed by atoms with Gasteiger partial charge in [-0.15, -0.1) is 11.3 Å². The Morgan fingerprint density at radius 1 is 1.13 bits per heavy atom. The third-order valence-corrected chi connectivity index (χ3v) is 4.69. The van der Waals surface area contributed by atoms with E-state index < -0.39 is 6.10 Å². The lowest BCUT2D eigenvalue weighted by Gasteiger charge is -2.24. The van der Waals surface area contributed by atoms with Crippen LogP contribution in [-0.4, -0.2) is 26.3 Å². The molecule has 1 N–H and O–H groups in total. The summed E-state index contributed by atoms with van der Waals surface area (Å²) in [4.78, 5) is 3.27. The summed E-state index contributed by atoms with van der Waals surface area (Å²) in [7, 11) is 1.92. The van der Waals surface area contributed by atoms with E-state index >= 15 is 0 Å². The van der Waals surface area contributed by atoms with Crippen molar-refractivity contribution < 1.29 is 5.11 Å². The van der Waals surface area contributed by atoms with Crippen molar-refractivity contribution in [3.05, 3.63) is 76.2 Å². The number of aliphatic hydroxyl groups excluding tert-OH is 1. The largest absolute Gasteiger partial charge is 0.386 e. The monoisotopic (exact) mass is 327 g/mol. The molecule has 0 aliphatic carbocycles. The molecule has 0 saturated heterocycles. The summed E-state index contributed by atoms with van der Waals surface area (Å²) in [6, 6.07) is 14.3. The van der Waals surface area contributed by atoms with Crippen LogP contribution >= 0.6 is 11.3 Å². The first-order chi connectivity index (χ1) is 11.2. The number of aromatic nitrogens is 2. The van der Waals surface area contributed by atoms with Crippen LogP contribution < -0.4 is 0 Å². The van der Waals surface area contributed by atoms with Crippen LogP contribution in [0.5, 0.6) is 0 Å². The summed E-state index contributed by atoms with van der Waals surface area (Å²) in [5.74, 6) is 0. The molecule has 0 aliphatic heterocycles. The Hall–Kier alpha value is -1.95. The van der Waals surface area contributed by atoms with Crippen molar-refractivity contribution in [3.8, 4) is 0 Å². The third kappa shape index (κ3) is 4.51. The standard InChI is InChI=1S/C18H21N3OS/c1-20-11-16(10-19-20)13-21(12-15-6-3-2-4-7-15)14-17(22)18-8-5-9-23-18/h2-11,17,22H,12-14H2,1H3. The van der Waals surface area contributed by atoms with Crippen LogP contribution in [0.25, 0.3) is 0 Å². The highest BCUT2D eigenvalue weighted by Gasteiger charge is 2.16. The highest BCUT2D eigenvalue weighted by molar-refractivity contribution is 7.10. The van der Waals surface area contributed by atoms with Gasteiger partial charge in [0.15, 0.2) is 0 Å². The van der Waals surface area contributed by atoms with Crippen LogP contribution in [0.3, 0.4) is 0 Å². The predicted molar refractivity (Wildman–Crippen MR) is 93.0 cm³/mol. The number of thiophene rings is 1. The minimum absolute atomic E-state index is 0.463. The Labute approximate surface area is 140 Å². The first kappa shape index (κ1) is 15.9. The lowest BCUT2D eigenvalue weighted by Crippen LogP contribution is -2.27. The van der Waals surface area contributed by atoms with Gasteiger partial charge in [-0.05, 0) is 17.0 Å². The van der Waals surface area contributed by atoms with Gasteiger partial charge in [0, 0.05) is 43.3 Å². The quantitative estimate of drug-likeness (QED) is 0.724. The zero-order chi connectivity index (χ0) is 16.1. The molecule has 0 radical (unpaired) electrons. The predicted octanol–water partition coefficient (Wildman–Crippen LogP) is 3.22. The molecule has 23 heavy (non-hydrogen) atoms. The van der Waals surface area contributed by atoms with E-state index in [-0.39, 0.29) is 0 Å². The van der Waals surface area contributed by atoms with Gasteiger partial charge >= 0.3 is 0 Å². The van der Waals surface area contributed by atoms with Crippen molar-refractivity contribution in [1.82, 2.24) is 14.7 Å². The van der Waals surface area contributed by atoms with E-state index in [0.717, 1.165) is 23.5 Å². The average molecular weight is 327 g/mol.